The van der Waals surface area contributed by atoms with Gasteiger partial charge in [-0.15, -0.1) is 0 Å². The van der Waals surface area contributed by atoms with Crippen LogP contribution in [0.2, 0.25) is 0 Å². The Balaban J connectivity index is 1.76. The van der Waals surface area contributed by atoms with Crippen molar-refractivity contribution in [1.82, 2.24) is 10.3 Å². The number of halogens is 1. The molecule has 0 amide bonds. The molecule has 2 aliphatic carbocycles. The van der Waals surface area contributed by atoms with E-state index in [0.717, 1.165) is 22.9 Å². The minimum Gasteiger partial charge on any atom is -0.356 e. The topological polar surface area (TPSA) is 28.2 Å². The molecule has 0 atom stereocenters. The Bertz CT molecular complexity index is 427. The average Bonchev–Trinajstić information content (AvgIpc) is 3.07. The highest BCUT2D eigenvalue weighted by molar-refractivity contribution is 9.10. The molecule has 0 bridgehead atoms. The zero-order valence-corrected chi connectivity index (χ0v) is 12.4. The van der Waals surface area contributed by atoms with Crippen LogP contribution in [0.3, 0.4) is 0 Å². The third kappa shape index (κ3) is 2.69. The summed E-state index contributed by atoms with van der Waals surface area (Å²) in [4.78, 5) is 6.98. The van der Waals surface area contributed by atoms with Crippen molar-refractivity contribution in [3.63, 3.8) is 0 Å². The number of nitrogens with one attached hydrogen (secondary N) is 1. The summed E-state index contributed by atoms with van der Waals surface area (Å²) in [5, 5.41) is 3.58. The molecule has 3 rings (SSSR count). The molecule has 98 valence electrons. The Kier molecular flexibility index (Phi) is 3.57. The van der Waals surface area contributed by atoms with Crippen molar-refractivity contribution in [2.24, 2.45) is 0 Å². The van der Waals surface area contributed by atoms with Crippen molar-refractivity contribution in [1.29, 1.82) is 0 Å². The number of hydrogen-bond acceptors (Lipinski definition) is 3. The van der Waals surface area contributed by atoms with Gasteiger partial charge in [0, 0.05) is 41.9 Å². The first-order valence-electron chi connectivity index (χ1n) is 6.84. The Morgan fingerprint density at radius 2 is 2.17 bits per heavy atom. The lowest BCUT2D eigenvalue weighted by molar-refractivity contribution is 0.398. The van der Waals surface area contributed by atoms with E-state index in [2.05, 4.69) is 44.2 Å². The zero-order valence-electron chi connectivity index (χ0n) is 10.8. The number of hydrogen-bond donors (Lipinski definition) is 1. The molecule has 3 nitrogen and oxygen atoms in total. The molecule has 2 fully saturated rings. The smallest absolute Gasteiger partial charge is 0.133 e. The van der Waals surface area contributed by atoms with Gasteiger partial charge in [-0.05, 0) is 54.1 Å². The second-order valence-electron chi connectivity index (χ2n) is 5.49. The van der Waals surface area contributed by atoms with E-state index in [4.69, 9.17) is 0 Å². The van der Waals surface area contributed by atoms with Crippen LogP contribution >= 0.6 is 15.9 Å². The highest BCUT2D eigenvalue weighted by Crippen LogP contribution is 2.30. The van der Waals surface area contributed by atoms with Gasteiger partial charge in [-0.25, -0.2) is 4.98 Å². The van der Waals surface area contributed by atoms with Crippen LogP contribution in [0.1, 0.15) is 37.7 Å². The normalized spacial score (nSPS) is 19.7. The predicted molar refractivity (Wildman–Crippen MR) is 77.8 cm³/mol. The summed E-state index contributed by atoms with van der Waals surface area (Å²) in [5.41, 5.74) is 1.31. The van der Waals surface area contributed by atoms with Crippen LogP contribution in [0.15, 0.2) is 16.7 Å². The molecular formula is C14H20BrN3. The van der Waals surface area contributed by atoms with E-state index in [1.165, 1.54) is 37.7 Å². The lowest BCUT2D eigenvalue weighted by Crippen LogP contribution is -2.38. The Morgan fingerprint density at radius 1 is 1.39 bits per heavy atom. The van der Waals surface area contributed by atoms with Gasteiger partial charge < -0.3 is 10.2 Å². The quantitative estimate of drug-likeness (QED) is 0.906. The molecule has 1 N–H and O–H groups in total. The number of pyridine rings is 1. The van der Waals surface area contributed by atoms with E-state index in [-0.39, 0.29) is 0 Å². The first-order chi connectivity index (χ1) is 8.74. The van der Waals surface area contributed by atoms with E-state index in [1.807, 2.05) is 6.20 Å². The second-order valence-corrected chi connectivity index (χ2v) is 6.40. The molecule has 18 heavy (non-hydrogen) atoms. The van der Waals surface area contributed by atoms with Gasteiger partial charge in [-0.1, -0.05) is 0 Å². The van der Waals surface area contributed by atoms with Gasteiger partial charge in [-0.3, -0.25) is 0 Å². The summed E-state index contributed by atoms with van der Waals surface area (Å²) >= 11 is 3.53. The minimum absolute atomic E-state index is 0.693. The molecule has 0 radical (unpaired) electrons. The molecule has 1 aromatic heterocycles. The van der Waals surface area contributed by atoms with Crippen molar-refractivity contribution in [3.8, 4) is 0 Å². The summed E-state index contributed by atoms with van der Waals surface area (Å²) in [6.45, 7) is 0.934. The predicted octanol–water partition coefficient (Wildman–Crippen LogP) is 3.08. The number of aromatic nitrogens is 1. The monoisotopic (exact) mass is 309 g/mol. The highest BCUT2D eigenvalue weighted by atomic mass is 79.9. The molecule has 1 aromatic rings. The Morgan fingerprint density at radius 3 is 2.78 bits per heavy atom. The second kappa shape index (κ2) is 5.17. The summed E-state index contributed by atoms with van der Waals surface area (Å²) in [6, 6.07) is 3.64. The van der Waals surface area contributed by atoms with Gasteiger partial charge in [0.15, 0.2) is 0 Å². The maximum atomic E-state index is 4.62. The minimum atomic E-state index is 0.693. The summed E-state index contributed by atoms with van der Waals surface area (Å²) in [6.07, 6.45) is 8.55. The van der Waals surface area contributed by atoms with E-state index < -0.39 is 0 Å². The van der Waals surface area contributed by atoms with E-state index in [1.54, 1.807) is 0 Å². The van der Waals surface area contributed by atoms with E-state index in [0.29, 0.717) is 6.04 Å². The van der Waals surface area contributed by atoms with Crippen molar-refractivity contribution in [2.75, 3.05) is 11.9 Å². The average molecular weight is 310 g/mol. The van der Waals surface area contributed by atoms with Crippen LogP contribution in [0.25, 0.3) is 0 Å². The summed E-state index contributed by atoms with van der Waals surface area (Å²) < 4.78 is 1.07. The first-order valence-corrected chi connectivity index (χ1v) is 7.64. The van der Waals surface area contributed by atoms with Gasteiger partial charge in [-0.2, -0.15) is 0 Å². The Hall–Kier alpha value is -0.610. The molecule has 0 aliphatic heterocycles. The maximum absolute atomic E-state index is 4.62. The fourth-order valence-electron chi connectivity index (χ4n) is 2.41. The third-order valence-electron chi connectivity index (χ3n) is 4.02. The van der Waals surface area contributed by atoms with Crippen LogP contribution in [0.5, 0.6) is 0 Å². The van der Waals surface area contributed by atoms with Crippen LogP contribution in [-0.4, -0.2) is 24.1 Å². The molecule has 2 aliphatic rings. The third-order valence-corrected chi connectivity index (χ3v) is 4.46. The zero-order chi connectivity index (χ0) is 12.5. The largest absolute Gasteiger partial charge is 0.356 e. The van der Waals surface area contributed by atoms with Gasteiger partial charge in [0.25, 0.3) is 0 Å². The molecule has 1 heterocycles. The fourth-order valence-corrected chi connectivity index (χ4v) is 2.79. The van der Waals surface area contributed by atoms with E-state index >= 15 is 0 Å². The lowest BCUT2D eigenvalue weighted by Gasteiger charge is -2.36. The Labute approximate surface area is 117 Å². The molecule has 0 unspecified atom stereocenters. The van der Waals surface area contributed by atoms with Crippen molar-refractivity contribution in [3.05, 3.63) is 22.3 Å². The molecule has 4 heteroatoms. The van der Waals surface area contributed by atoms with Gasteiger partial charge in [0.2, 0.25) is 0 Å². The van der Waals surface area contributed by atoms with Gasteiger partial charge >= 0.3 is 0 Å². The maximum Gasteiger partial charge on any atom is 0.133 e. The molecule has 0 aromatic carbocycles. The van der Waals surface area contributed by atoms with Gasteiger partial charge in [0.05, 0.1) is 0 Å². The summed E-state index contributed by atoms with van der Waals surface area (Å²) in [5.74, 6) is 1.15. The van der Waals surface area contributed by atoms with Crippen LogP contribution in [0, 0.1) is 0 Å². The standard InChI is InChI=1S/C14H20BrN3/c1-18(13-3-2-4-13)14-10(7-11(15)9-17-14)8-16-12-5-6-12/h7,9,12-13,16H,2-6,8H2,1H3. The molecule has 0 spiro atoms. The SMILES string of the molecule is CN(c1ncc(Br)cc1CNC1CC1)C1CCC1. The molecule has 2 saturated carbocycles. The van der Waals surface area contributed by atoms with Crippen molar-refractivity contribution >= 4 is 21.7 Å². The summed E-state index contributed by atoms with van der Waals surface area (Å²) in [7, 11) is 2.18. The highest BCUT2D eigenvalue weighted by Gasteiger charge is 2.25. The van der Waals surface area contributed by atoms with E-state index in [9.17, 15) is 0 Å². The lowest BCUT2D eigenvalue weighted by atomic mass is 9.91. The molecular weight excluding hydrogens is 290 g/mol. The van der Waals surface area contributed by atoms with Gasteiger partial charge in [0.1, 0.15) is 5.82 Å². The fraction of sp³-hybridized carbons (Fsp3) is 0.643. The molecule has 0 saturated heterocycles. The van der Waals surface area contributed by atoms with Crippen LogP contribution < -0.4 is 10.2 Å². The number of rotatable bonds is 5. The van der Waals surface area contributed by atoms with Crippen molar-refractivity contribution < 1.29 is 0 Å². The number of nitrogens with zero attached hydrogens (tertiary/aromatic N) is 2. The van der Waals surface area contributed by atoms with Crippen molar-refractivity contribution in [2.45, 2.75) is 50.7 Å². The number of anilines is 1. The van der Waals surface area contributed by atoms with Crippen LogP contribution in [0.4, 0.5) is 5.82 Å². The van der Waals surface area contributed by atoms with Crippen LogP contribution in [-0.2, 0) is 6.54 Å². The first kappa shape index (κ1) is 12.4.